The van der Waals surface area contributed by atoms with Crippen LogP contribution in [0.1, 0.15) is 17.9 Å². The van der Waals surface area contributed by atoms with Crippen molar-refractivity contribution in [1.82, 2.24) is 14.9 Å². The van der Waals surface area contributed by atoms with Gasteiger partial charge in [0.25, 0.3) is 5.91 Å². The van der Waals surface area contributed by atoms with Crippen LogP contribution in [0.15, 0.2) is 30.3 Å². The Labute approximate surface area is 158 Å². The number of hydrogen-bond acceptors (Lipinski definition) is 6. The number of ether oxygens (including phenoxy) is 2. The second-order valence-electron chi connectivity index (χ2n) is 7.13. The quantitative estimate of drug-likeness (QED) is 0.804. The lowest BCUT2D eigenvalue weighted by atomic mass is 9.87. The molecule has 1 aromatic heterocycles. The zero-order chi connectivity index (χ0) is 19.0. The number of benzene rings is 1. The standard InChI is InChI=1S/C20H24N4O3/c1-13-7-19(22-14(2)21-13)23-10-15-8-16(11-23)24(15)20(25)12-27-18-6-4-5-17(9-18)26-3/h4-7,9,15-16H,8,10-12H2,1-3H3. The van der Waals surface area contributed by atoms with Crippen LogP contribution in [0.25, 0.3) is 0 Å². The molecule has 0 aliphatic carbocycles. The van der Waals surface area contributed by atoms with E-state index in [4.69, 9.17) is 9.47 Å². The minimum absolute atomic E-state index is 0.0359. The van der Waals surface area contributed by atoms with Gasteiger partial charge in [-0.3, -0.25) is 4.79 Å². The molecule has 2 bridgehead atoms. The van der Waals surface area contributed by atoms with Gasteiger partial charge in [-0.1, -0.05) is 6.07 Å². The van der Waals surface area contributed by atoms with Crippen LogP contribution in [0.5, 0.6) is 11.5 Å². The van der Waals surface area contributed by atoms with Gasteiger partial charge in [0.15, 0.2) is 6.61 Å². The summed E-state index contributed by atoms with van der Waals surface area (Å²) in [5.41, 5.74) is 0.969. The van der Waals surface area contributed by atoms with Crippen molar-refractivity contribution < 1.29 is 14.3 Å². The molecule has 2 atom stereocenters. The number of rotatable bonds is 5. The predicted molar refractivity (Wildman–Crippen MR) is 101 cm³/mol. The number of carbonyl (C=O) groups is 1. The zero-order valence-corrected chi connectivity index (χ0v) is 15.9. The van der Waals surface area contributed by atoms with Crippen molar-refractivity contribution in [3.8, 4) is 11.5 Å². The van der Waals surface area contributed by atoms with E-state index in [1.807, 2.05) is 43.0 Å². The van der Waals surface area contributed by atoms with Gasteiger partial charge in [0.2, 0.25) is 0 Å². The lowest BCUT2D eigenvalue weighted by Gasteiger charge is -2.56. The highest BCUT2D eigenvalue weighted by molar-refractivity contribution is 5.80. The second kappa shape index (κ2) is 7.06. The molecule has 2 aromatic rings. The Balaban J connectivity index is 1.36. The van der Waals surface area contributed by atoms with Crippen molar-refractivity contribution >= 4 is 11.7 Å². The average Bonchev–Trinajstić information content (AvgIpc) is 2.66. The van der Waals surface area contributed by atoms with Gasteiger partial charge >= 0.3 is 0 Å². The second-order valence-corrected chi connectivity index (χ2v) is 7.13. The molecule has 3 saturated heterocycles. The lowest BCUT2D eigenvalue weighted by Crippen LogP contribution is -2.71. The van der Waals surface area contributed by atoms with Crippen LogP contribution < -0.4 is 14.4 Å². The summed E-state index contributed by atoms with van der Waals surface area (Å²) in [5, 5.41) is 0. The van der Waals surface area contributed by atoms with Gasteiger partial charge in [-0.05, 0) is 32.4 Å². The van der Waals surface area contributed by atoms with Crippen LogP contribution >= 0.6 is 0 Å². The summed E-state index contributed by atoms with van der Waals surface area (Å²) in [5.74, 6) is 3.13. The normalized spacial score (nSPS) is 20.9. The van der Waals surface area contributed by atoms with E-state index in [2.05, 4.69) is 14.9 Å². The van der Waals surface area contributed by atoms with Crippen molar-refractivity contribution in [1.29, 1.82) is 0 Å². The number of piperidine rings is 1. The third-order valence-electron chi connectivity index (χ3n) is 5.16. The maximum atomic E-state index is 12.6. The van der Waals surface area contributed by atoms with E-state index in [1.165, 1.54) is 0 Å². The molecule has 3 fully saturated rings. The first-order chi connectivity index (χ1) is 13.0. The van der Waals surface area contributed by atoms with E-state index >= 15 is 0 Å². The molecule has 0 radical (unpaired) electrons. The first kappa shape index (κ1) is 17.6. The number of anilines is 1. The van der Waals surface area contributed by atoms with Gasteiger partial charge in [-0.2, -0.15) is 0 Å². The van der Waals surface area contributed by atoms with Crippen LogP contribution in [0.2, 0.25) is 0 Å². The van der Waals surface area contributed by atoms with Crippen LogP contribution in [0.4, 0.5) is 5.82 Å². The molecule has 142 valence electrons. The molecule has 4 heterocycles. The molecule has 3 aliphatic heterocycles. The number of nitrogens with zero attached hydrogens (tertiary/aromatic N) is 4. The monoisotopic (exact) mass is 368 g/mol. The third-order valence-corrected chi connectivity index (χ3v) is 5.16. The van der Waals surface area contributed by atoms with Gasteiger partial charge in [0, 0.05) is 30.9 Å². The molecule has 5 rings (SSSR count). The first-order valence-electron chi connectivity index (χ1n) is 9.19. The number of piperazine rings is 1. The van der Waals surface area contributed by atoms with E-state index in [0.717, 1.165) is 36.8 Å². The Bertz CT molecular complexity index is 825. The summed E-state index contributed by atoms with van der Waals surface area (Å²) in [6.45, 7) is 5.54. The summed E-state index contributed by atoms with van der Waals surface area (Å²) >= 11 is 0. The number of aryl methyl sites for hydroxylation is 2. The highest BCUT2D eigenvalue weighted by atomic mass is 16.5. The van der Waals surface area contributed by atoms with Gasteiger partial charge in [0.1, 0.15) is 23.1 Å². The minimum Gasteiger partial charge on any atom is -0.497 e. The van der Waals surface area contributed by atoms with E-state index in [1.54, 1.807) is 13.2 Å². The lowest BCUT2D eigenvalue weighted by molar-refractivity contribution is -0.148. The highest BCUT2D eigenvalue weighted by Gasteiger charge is 2.47. The number of amides is 1. The Kier molecular flexibility index (Phi) is 4.59. The largest absolute Gasteiger partial charge is 0.497 e. The van der Waals surface area contributed by atoms with Crippen molar-refractivity contribution in [2.75, 3.05) is 31.7 Å². The van der Waals surface area contributed by atoms with E-state index in [-0.39, 0.29) is 24.6 Å². The summed E-state index contributed by atoms with van der Waals surface area (Å²) in [6.07, 6.45) is 1.05. The van der Waals surface area contributed by atoms with E-state index in [9.17, 15) is 4.79 Å². The molecular formula is C20H24N4O3. The first-order valence-corrected chi connectivity index (χ1v) is 9.19. The van der Waals surface area contributed by atoms with Gasteiger partial charge in [0.05, 0.1) is 19.2 Å². The number of carbonyl (C=O) groups excluding carboxylic acids is 1. The fraction of sp³-hybridized carbons (Fsp3) is 0.450. The molecule has 2 unspecified atom stereocenters. The SMILES string of the molecule is COc1cccc(OCC(=O)N2C3CC2CN(c2cc(C)nc(C)n2)C3)c1. The predicted octanol–water partition coefficient (Wildman–Crippen LogP) is 1.97. The van der Waals surface area contributed by atoms with E-state index < -0.39 is 0 Å². The maximum Gasteiger partial charge on any atom is 0.261 e. The van der Waals surface area contributed by atoms with Crippen molar-refractivity contribution in [2.45, 2.75) is 32.4 Å². The Morgan fingerprint density at radius 2 is 1.89 bits per heavy atom. The third kappa shape index (κ3) is 3.54. The maximum absolute atomic E-state index is 12.6. The molecule has 0 saturated carbocycles. The van der Waals surface area contributed by atoms with Crippen molar-refractivity contribution in [3.05, 3.63) is 41.9 Å². The van der Waals surface area contributed by atoms with Crippen LogP contribution in [-0.4, -0.2) is 59.7 Å². The molecule has 7 nitrogen and oxygen atoms in total. The Hall–Kier alpha value is -2.83. The minimum atomic E-state index is 0.0359. The molecule has 1 aromatic carbocycles. The van der Waals surface area contributed by atoms with Crippen LogP contribution in [0.3, 0.4) is 0 Å². The Morgan fingerprint density at radius 1 is 1.15 bits per heavy atom. The molecule has 0 N–H and O–H groups in total. The fourth-order valence-electron chi connectivity index (χ4n) is 3.97. The molecule has 7 heteroatoms. The van der Waals surface area contributed by atoms with Crippen LogP contribution in [0, 0.1) is 13.8 Å². The van der Waals surface area contributed by atoms with Crippen LogP contribution in [-0.2, 0) is 4.79 Å². The van der Waals surface area contributed by atoms with Crippen molar-refractivity contribution in [2.24, 2.45) is 0 Å². The number of aromatic nitrogens is 2. The molecule has 0 spiro atoms. The number of methoxy groups -OCH3 is 1. The highest BCUT2D eigenvalue weighted by Crippen LogP contribution is 2.34. The molecule has 27 heavy (non-hydrogen) atoms. The summed E-state index contributed by atoms with van der Waals surface area (Å²) < 4.78 is 10.9. The molecule has 1 amide bonds. The molecular weight excluding hydrogens is 344 g/mol. The van der Waals surface area contributed by atoms with Crippen molar-refractivity contribution in [3.63, 3.8) is 0 Å². The fourth-order valence-corrected chi connectivity index (χ4v) is 3.97. The number of hydrogen-bond donors (Lipinski definition) is 0. The van der Waals surface area contributed by atoms with E-state index in [0.29, 0.717) is 11.5 Å². The number of fused-ring (bicyclic) bond motifs is 2. The molecule has 3 aliphatic rings. The Morgan fingerprint density at radius 3 is 2.59 bits per heavy atom. The van der Waals surface area contributed by atoms with Gasteiger partial charge < -0.3 is 19.3 Å². The summed E-state index contributed by atoms with van der Waals surface area (Å²) in [4.78, 5) is 25.8. The summed E-state index contributed by atoms with van der Waals surface area (Å²) in [7, 11) is 1.61. The zero-order valence-electron chi connectivity index (χ0n) is 15.9. The van der Waals surface area contributed by atoms with Gasteiger partial charge in [-0.15, -0.1) is 0 Å². The van der Waals surface area contributed by atoms with Gasteiger partial charge in [-0.25, -0.2) is 9.97 Å². The smallest absolute Gasteiger partial charge is 0.261 e. The average molecular weight is 368 g/mol. The topological polar surface area (TPSA) is 67.8 Å². The summed E-state index contributed by atoms with van der Waals surface area (Å²) in [6, 6.07) is 9.76.